The highest BCUT2D eigenvalue weighted by Crippen LogP contribution is 2.36. The zero-order valence-electron chi connectivity index (χ0n) is 17.3. The van der Waals surface area contributed by atoms with Crippen LogP contribution < -0.4 is 0 Å². The number of hydrogen-bond donors (Lipinski definition) is 1. The standard InChI is InChI=1S/C16H27N9O5/c1-5-9-13(26)7(2)11(21-24-18)16(28-9)30-14-8(3)12(22-25-19)15(27-4)29-10(14)6-20-23-17/h7-16,26H,5-6H2,1-4H3/t7?,8?,9?,10?,11-,12-,13-,14-,15-,16+/m1/s1. The van der Waals surface area contributed by atoms with Crippen LogP contribution in [0.25, 0.3) is 31.3 Å². The molecule has 0 bridgehead atoms. The molecule has 2 heterocycles. The summed E-state index contributed by atoms with van der Waals surface area (Å²) >= 11 is 0. The Balaban J connectivity index is 2.36. The smallest absolute Gasteiger partial charge is 0.167 e. The van der Waals surface area contributed by atoms with Gasteiger partial charge in [0.25, 0.3) is 0 Å². The van der Waals surface area contributed by atoms with Gasteiger partial charge in [0.15, 0.2) is 12.6 Å². The van der Waals surface area contributed by atoms with E-state index in [0.29, 0.717) is 6.42 Å². The molecule has 0 saturated carbocycles. The van der Waals surface area contributed by atoms with Gasteiger partial charge in [0, 0.05) is 21.8 Å². The number of hydrogen-bond acceptors (Lipinski definition) is 8. The molecule has 2 aliphatic rings. The summed E-state index contributed by atoms with van der Waals surface area (Å²) < 4.78 is 23.2. The molecule has 0 aromatic rings. The maximum atomic E-state index is 10.4. The van der Waals surface area contributed by atoms with Crippen LogP contribution in [0.1, 0.15) is 27.2 Å². The van der Waals surface area contributed by atoms with Crippen molar-refractivity contribution in [3.05, 3.63) is 31.3 Å². The Morgan fingerprint density at radius 2 is 1.53 bits per heavy atom. The summed E-state index contributed by atoms with van der Waals surface area (Å²) in [7, 11) is 1.42. The van der Waals surface area contributed by atoms with E-state index < -0.39 is 60.9 Å². The van der Waals surface area contributed by atoms with E-state index in [-0.39, 0.29) is 6.54 Å². The number of rotatable bonds is 8. The van der Waals surface area contributed by atoms with Crippen LogP contribution in [-0.2, 0) is 18.9 Å². The van der Waals surface area contributed by atoms with Gasteiger partial charge in [-0.05, 0) is 34.9 Å². The van der Waals surface area contributed by atoms with Gasteiger partial charge in [0.05, 0.1) is 43.0 Å². The minimum absolute atomic E-state index is 0.0529. The molecule has 2 fully saturated rings. The molecule has 2 saturated heterocycles. The predicted octanol–water partition coefficient (Wildman–Crippen LogP) is 3.18. The first-order valence-electron chi connectivity index (χ1n) is 9.69. The second-order valence-corrected chi connectivity index (χ2v) is 7.34. The van der Waals surface area contributed by atoms with Gasteiger partial charge in [-0.2, -0.15) is 0 Å². The molecule has 0 radical (unpaired) electrons. The molecule has 2 rings (SSSR count). The second kappa shape index (κ2) is 11.2. The van der Waals surface area contributed by atoms with E-state index in [1.165, 1.54) is 7.11 Å². The summed E-state index contributed by atoms with van der Waals surface area (Å²) in [5.41, 5.74) is 26.7. The van der Waals surface area contributed by atoms with Crippen molar-refractivity contribution >= 4 is 0 Å². The monoisotopic (exact) mass is 425 g/mol. The lowest BCUT2D eigenvalue weighted by atomic mass is 9.86. The zero-order chi connectivity index (χ0) is 22.3. The molecule has 166 valence electrons. The number of aliphatic hydroxyl groups excluding tert-OH is 1. The molecule has 0 amide bonds. The minimum atomic E-state index is -0.973. The molecular formula is C16H27N9O5. The molecule has 2 aliphatic heterocycles. The maximum Gasteiger partial charge on any atom is 0.167 e. The largest absolute Gasteiger partial charge is 0.390 e. The summed E-state index contributed by atoms with van der Waals surface area (Å²) in [5, 5.41) is 21.6. The van der Waals surface area contributed by atoms with Crippen LogP contribution >= 0.6 is 0 Å². The third-order valence-electron chi connectivity index (χ3n) is 5.68. The third-order valence-corrected chi connectivity index (χ3v) is 5.68. The molecule has 14 nitrogen and oxygen atoms in total. The lowest BCUT2D eigenvalue weighted by Crippen LogP contribution is -2.59. The number of azide groups is 3. The molecule has 0 aromatic carbocycles. The van der Waals surface area contributed by atoms with Crippen molar-refractivity contribution in [2.75, 3.05) is 13.7 Å². The van der Waals surface area contributed by atoms with E-state index in [0.717, 1.165) is 0 Å². The number of ether oxygens (including phenoxy) is 4. The highest BCUT2D eigenvalue weighted by Gasteiger charge is 2.49. The third kappa shape index (κ3) is 5.07. The Labute approximate surface area is 173 Å². The van der Waals surface area contributed by atoms with Crippen LogP contribution in [0.15, 0.2) is 15.3 Å². The number of aliphatic hydroxyl groups is 1. The summed E-state index contributed by atoms with van der Waals surface area (Å²) in [6.45, 7) is 5.36. The first kappa shape index (κ1) is 24.0. The minimum Gasteiger partial charge on any atom is -0.390 e. The Kier molecular flexibility index (Phi) is 8.97. The fourth-order valence-corrected chi connectivity index (χ4v) is 3.95. The number of methoxy groups -OCH3 is 1. The molecule has 0 aromatic heterocycles. The highest BCUT2D eigenvalue weighted by atomic mass is 16.7. The predicted molar refractivity (Wildman–Crippen MR) is 104 cm³/mol. The van der Waals surface area contributed by atoms with Crippen molar-refractivity contribution in [3.8, 4) is 0 Å². The van der Waals surface area contributed by atoms with Gasteiger partial charge in [-0.3, -0.25) is 0 Å². The van der Waals surface area contributed by atoms with E-state index in [4.69, 9.17) is 35.5 Å². The van der Waals surface area contributed by atoms with Crippen LogP contribution in [0.4, 0.5) is 0 Å². The van der Waals surface area contributed by atoms with Gasteiger partial charge >= 0.3 is 0 Å². The molecule has 30 heavy (non-hydrogen) atoms. The van der Waals surface area contributed by atoms with Crippen LogP contribution in [0.5, 0.6) is 0 Å². The van der Waals surface area contributed by atoms with Gasteiger partial charge in [-0.25, -0.2) is 0 Å². The quantitative estimate of drug-likeness (QED) is 0.352. The average Bonchev–Trinajstić information content (AvgIpc) is 2.75. The second-order valence-electron chi connectivity index (χ2n) is 7.34. The average molecular weight is 425 g/mol. The Hall–Kier alpha value is -2.27. The fourth-order valence-electron chi connectivity index (χ4n) is 3.95. The lowest BCUT2D eigenvalue weighted by molar-refractivity contribution is -0.307. The van der Waals surface area contributed by atoms with E-state index in [1.54, 1.807) is 13.8 Å². The lowest BCUT2D eigenvalue weighted by Gasteiger charge is -2.47. The summed E-state index contributed by atoms with van der Waals surface area (Å²) in [5.74, 6) is -0.823. The molecule has 14 heteroatoms. The van der Waals surface area contributed by atoms with Gasteiger partial charge < -0.3 is 24.1 Å². The summed E-state index contributed by atoms with van der Waals surface area (Å²) in [6.07, 6.45) is -4.07. The maximum absolute atomic E-state index is 10.4. The van der Waals surface area contributed by atoms with Gasteiger partial charge in [-0.15, -0.1) is 0 Å². The van der Waals surface area contributed by atoms with Gasteiger partial charge in [0.1, 0.15) is 0 Å². The summed E-state index contributed by atoms with van der Waals surface area (Å²) in [6, 6.07) is -1.50. The van der Waals surface area contributed by atoms with Crippen molar-refractivity contribution < 1.29 is 24.1 Å². The SMILES string of the molecule is CCC1O[C@@H](O[C@H]2C(CN=[N+]=[N-])O[C@@H](OC)[C@H](N=[N+]=[N-])C2C)[C@H](N=[N+]=[N-])C(C)[C@H]1O. The van der Waals surface area contributed by atoms with E-state index in [2.05, 4.69) is 30.1 Å². The van der Waals surface area contributed by atoms with E-state index in [1.807, 2.05) is 6.92 Å². The Morgan fingerprint density at radius 3 is 2.07 bits per heavy atom. The van der Waals surface area contributed by atoms with Crippen LogP contribution in [-0.4, -0.2) is 67.8 Å². The highest BCUT2D eigenvalue weighted by molar-refractivity contribution is 4.96. The topological polar surface area (TPSA) is 203 Å². The van der Waals surface area contributed by atoms with Crippen molar-refractivity contribution in [2.45, 2.75) is 76.3 Å². The van der Waals surface area contributed by atoms with Crippen molar-refractivity contribution in [2.24, 2.45) is 27.2 Å². The normalized spacial score (nSPS) is 41.1. The molecule has 10 atom stereocenters. The first-order chi connectivity index (χ1) is 14.4. The van der Waals surface area contributed by atoms with Gasteiger partial charge in [0.2, 0.25) is 0 Å². The molecule has 0 aliphatic carbocycles. The molecular weight excluding hydrogens is 398 g/mol. The van der Waals surface area contributed by atoms with Crippen molar-refractivity contribution in [1.29, 1.82) is 0 Å². The van der Waals surface area contributed by atoms with E-state index >= 15 is 0 Å². The molecule has 0 spiro atoms. The Morgan fingerprint density at radius 1 is 0.933 bits per heavy atom. The summed E-state index contributed by atoms with van der Waals surface area (Å²) in [4.78, 5) is 8.50. The Bertz CT molecular complexity index is 720. The zero-order valence-corrected chi connectivity index (χ0v) is 17.3. The van der Waals surface area contributed by atoms with Crippen molar-refractivity contribution in [3.63, 3.8) is 0 Å². The fraction of sp³-hybridized carbons (Fsp3) is 1.00. The number of nitrogens with zero attached hydrogens (tertiary/aromatic N) is 9. The molecule has 1 N–H and O–H groups in total. The van der Waals surface area contributed by atoms with Crippen molar-refractivity contribution in [1.82, 2.24) is 0 Å². The van der Waals surface area contributed by atoms with Gasteiger partial charge in [-0.1, -0.05) is 36.1 Å². The first-order valence-corrected chi connectivity index (χ1v) is 9.69. The van der Waals surface area contributed by atoms with Crippen LogP contribution in [0, 0.1) is 11.8 Å². The molecule has 4 unspecified atom stereocenters. The van der Waals surface area contributed by atoms with E-state index in [9.17, 15) is 5.11 Å². The van der Waals surface area contributed by atoms with Crippen LogP contribution in [0.2, 0.25) is 0 Å². The van der Waals surface area contributed by atoms with Crippen LogP contribution in [0.3, 0.4) is 0 Å².